The number of rotatable bonds is 7. The number of carbonyl (C=O) groups is 1. The molecule has 2 aromatic carbocycles. The lowest BCUT2D eigenvalue weighted by atomic mass is 9.96. The standard InChI is InChI=1S/C22H28N2O4S/c1-16-8-9-17(2)21(14-16)23-22(25)15-28-19-10-12-20(13-11-19)29(26,27)24-18-6-4-3-5-7-18/h8-14,18,24H,3-7,15H2,1-2H3,(H,23,25). The molecule has 0 unspecified atom stereocenters. The van der Waals surface area contributed by atoms with E-state index in [0.717, 1.165) is 42.5 Å². The molecule has 0 bridgehead atoms. The van der Waals surface area contributed by atoms with Crippen molar-refractivity contribution in [2.45, 2.75) is 56.9 Å². The second-order valence-electron chi connectivity index (χ2n) is 7.58. The summed E-state index contributed by atoms with van der Waals surface area (Å²) in [6, 6.07) is 12.0. The van der Waals surface area contributed by atoms with Gasteiger partial charge in [0.2, 0.25) is 10.0 Å². The average Bonchev–Trinajstić information content (AvgIpc) is 2.70. The molecule has 0 radical (unpaired) electrons. The van der Waals surface area contributed by atoms with Crippen molar-refractivity contribution in [2.24, 2.45) is 0 Å². The highest BCUT2D eigenvalue weighted by atomic mass is 32.2. The van der Waals surface area contributed by atoms with E-state index in [2.05, 4.69) is 10.0 Å². The van der Waals surface area contributed by atoms with Gasteiger partial charge < -0.3 is 10.1 Å². The fourth-order valence-electron chi connectivity index (χ4n) is 3.43. The van der Waals surface area contributed by atoms with Crippen molar-refractivity contribution < 1.29 is 17.9 Å². The van der Waals surface area contributed by atoms with E-state index in [1.165, 1.54) is 18.6 Å². The summed E-state index contributed by atoms with van der Waals surface area (Å²) < 4.78 is 33.3. The minimum atomic E-state index is -3.54. The Labute approximate surface area is 172 Å². The number of nitrogens with one attached hydrogen (secondary N) is 2. The lowest BCUT2D eigenvalue weighted by Gasteiger charge is -2.22. The van der Waals surface area contributed by atoms with Crippen LogP contribution in [-0.2, 0) is 14.8 Å². The van der Waals surface area contributed by atoms with Crippen LogP contribution in [0.15, 0.2) is 47.4 Å². The highest BCUT2D eigenvalue weighted by Crippen LogP contribution is 2.21. The summed E-state index contributed by atoms with van der Waals surface area (Å²) >= 11 is 0. The van der Waals surface area contributed by atoms with E-state index in [0.29, 0.717) is 5.75 Å². The van der Waals surface area contributed by atoms with Crippen molar-refractivity contribution in [3.63, 3.8) is 0 Å². The van der Waals surface area contributed by atoms with Crippen LogP contribution in [0.25, 0.3) is 0 Å². The van der Waals surface area contributed by atoms with E-state index >= 15 is 0 Å². The van der Waals surface area contributed by atoms with E-state index < -0.39 is 10.0 Å². The Morgan fingerprint density at radius 1 is 1.03 bits per heavy atom. The zero-order chi connectivity index (χ0) is 20.9. The summed E-state index contributed by atoms with van der Waals surface area (Å²) in [4.78, 5) is 12.4. The van der Waals surface area contributed by atoms with Gasteiger partial charge in [-0.3, -0.25) is 4.79 Å². The smallest absolute Gasteiger partial charge is 0.262 e. The predicted molar refractivity (Wildman–Crippen MR) is 114 cm³/mol. The first-order valence-corrected chi connectivity index (χ1v) is 11.4. The largest absolute Gasteiger partial charge is 0.484 e. The minimum absolute atomic E-state index is 0.0125. The van der Waals surface area contributed by atoms with Crippen LogP contribution in [0.5, 0.6) is 5.75 Å². The zero-order valence-corrected chi connectivity index (χ0v) is 17.7. The van der Waals surface area contributed by atoms with Gasteiger partial charge in [0, 0.05) is 11.7 Å². The third-order valence-electron chi connectivity index (χ3n) is 5.10. The molecule has 1 aliphatic carbocycles. The fraction of sp³-hybridized carbons (Fsp3) is 0.409. The van der Waals surface area contributed by atoms with Crippen molar-refractivity contribution in [1.82, 2.24) is 4.72 Å². The summed E-state index contributed by atoms with van der Waals surface area (Å²) in [5.41, 5.74) is 2.79. The molecular weight excluding hydrogens is 388 g/mol. The maximum atomic E-state index is 12.5. The zero-order valence-electron chi connectivity index (χ0n) is 16.9. The number of ether oxygens (including phenoxy) is 1. The molecule has 6 nitrogen and oxygen atoms in total. The van der Waals surface area contributed by atoms with E-state index in [4.69, 9.17) is 4.74 Å². The summed E-state index contributed by atoms with van der Waals surface area (Å²) in [5, 5.41) is 2.83. The quantitative estimate of drug-likeness (QED) is 0.716. The van der Waals surface area contributed by atoms with Gasteiger partial charge in [-0.15, -0.1) is 0 Å². The molecule has 1 aliphatic rings. The van der Waals surface area contributed by atoms with Crippen LogP contribution in [0.4, 0.5) is 5.69 Å². The van der Waals surface area contributed by atoms with Gasteiger partial charge >= 0.3 is 0 Å². The number of hydrogen-bond donors (Lipinski definition) is 2. The van der Waals surface area contributed by atoms with Gasteiger partial charge in [-0.05, 0) is 68.1 Å². The first-order valence-electron chi connectivity index (χ1n) is 9.96. The van der Waals surface area contributed by atoms with Crippen molar-refractivity contribution >= 4 is 21.6 Å². The summed E-state index contributed by atoms with van der Waals surface area (Å²) in [7, 11) is -3.54. The van der Waals surface area contributed by atoms with E-state index in [1.807, 2.05) is 32.0 Å². The van der Waals surface area contributed by atoms with Crippen molar-refractivity contribution in [3.05, 3.63) is 53.6 Å². The molecule has 2 N–H and O–H groups in total. The van der Waals surface area contributed by atoms with Crippen LogP contribution in [0.2, 0.25) is 0 Å². The molecule has 2 aromatic rings. The Bertz CT molecular complexity index is 949. The second kappa shape index (κ2) is 9.41. The van der Waals surface area contributed by atoms with E-state index in [9.17, 15) is 13.2 Å². The number of amides is 1. The Hall–Kier alpha value is -2.38. The molecule has 1 fully saturated rings. The Kier molecular flexibility index (Phi) is 6.92. The normalized spacial score (nSPS) is 15.1. The van der Waals surface area contributed by atoms with Gasteiger partial charge in [0.1, 0.15) is 5.75 Å². The third kappa shape index (κ3) is 6.05. The molecular formula is C22H28N2O4S. The maximum Gasteiger partial charge on any atom is 0.262 e. The van der Waals surface area contributed by atoms with Gasteiger partial charge in [0.15, 0.2) is 6.61 Å². The lowest BCUT2D eigenvalue weighted by molar-refractivity contribution is -0.118. The molecule has 0 spiro atoms. The van der Waals surface area contributed by atoms with Crippen LogP contribution in [0.3, 0.4) is 0 Å². The highest BCUT2D eigenvalue weighted by molar-refractivity contribution is 7.89. The first kappa shape index (κ1) is 21.3. The number of anilines is 1. The summed E-state index contributed by atoms with van der Waals surface area (Å²) in [6.45, 7) is 3.74. The van der Waals surface area contributed by atoms with Gasteiger partial charge in [-0.25, -0.2) is 13.1 Å². The molecule has 0 heterocycles. The van der Waals surface area contributed by atoms with Gasteiger partial charge in [0.25, 0.3) is 5.91 Å². The molecule has 0 aliphatic heterocycles. The molecule has 1 saturated carbocycles. The molecule has 0 atom stereocenters. The van der Waals surface area contributed by atoms with Crippen LogP contribution in [-0.4, -0.2) is 27.0 Å². The SMILES string of the molecule is Cc1ccc(C)c(NC(=O)COc2ccc(S(=O)(=O)NC3CCCCC3)cc2)c1. The molecule has 0 aromatic heterocycles. The average molecular weight is 417 g/mol. The number of hydrogen-bond acceptors (Lipinski definition) is 4. The van der Waals surface area contributed by atoms with E-state index in [-0.39, 0.29) is 23.5 Å². The van der Waals surface area contributed by atoms with Crippen LogP contribution < -0.4 is 14.8 Å². The Morgan fingerprint density at radius 3 is 2.41 bits per heavy atom. The van der Waals surface area contributed by atoms with Crippen molar-refractivity contribution in [1.29, 1.82) is 0 Å². The molecule has 29 heavy (non-hydrogen) atoms. The molecule has 1 amide bonds. The molecule has 156 valence electrons. The topological polar surface area (TPSA) is 84.5 Å². The van der Waals surface area contributed by atoms with Crippen LogP contribution in [0.1, 0.15) is 43.2 Å². The number of sulfonamides is 1. The minimum Gasteiger partial charge on any atom is -0.484 e. The Balaban J connectivity index is 1.54. The van der Waals surface area contributed by atoms with Crippen molar-refractivity contribution in [2.75, 3.05) is 11.9 Å². The van der Waals surface area contributed by atoms with Crippen molar-refractivity contribution in [3.8, 4) is 5.75 Å². The van der Waals surface area contributed by atoms with Gasteiger partial charge in [-0.1, -0.05) is 31.4 Å². The number of aryl methyl sites for hydroxylation is 2. The monoisotopic (exact) mass is 416 g/mol. The summed E-state index contributed by atoms with van der Waals surface area (Å²) in [6.07, 6.45) is 5.06. The number of benzene rings is 2. The predicted octanol–water partition coefficient (Wildman–Crippen LogP) is 3.93. The fourth-order valence-corrected chi connectivity index (χ4v) is 4.73. The van der Waals surface area contributed by atoms with Crippen LogP contribution >= 0.6 is 0 Å². The van der Waals surface area contributed by atoms with Crippen LogP contribution in [0, 0.1) is 13.8 Å². The molecule has 3 rings (SSSR count). The Morgan fingerprint density at radius 2 is 1.72 bits per heavy atom. The lowest BCUT2D eigenvalue weighted by Crippen LogP contribution is -2.36. The van der Waals surface area contributed by atoms with E-state index in [1.54, 1.807) is 12.1 Å². The second-order valence-corrected chi connectivity index (χ2v) is 9.30. The molecule has 7 heteroatoms. The maximum absolute atomic E-state index is 12.5. The third-order valence-corrected chi connectivity index (χ3v) is 6.63. The summed E-state index contributed by atoms with van der Waals surface area (Å²) in [5.74, 6) is 0.173. The number of carbonyl (C=O) groups excluding carboxylic acids is 1. The van der Waals surface area contributed by atoms with Gasteiger partial charge in [-0.2, -0.15) is 0 Å². The molecule has 0 saturated heterocycles. The van der Waals surface area contributed by atoms with Gasteiger partial charge in [0.05, 0.1) is 4.90 Å². The highest BCUT2D eigenvalue weighted by Gasteiger charge is 2.21. The first-order chi connectivity index (χ1) is 13.8.